The SMILES string of the molecule is COc1ccc(/C=N\[C@H]2O[C@@H](CO[Si](C)(C)C)[C@H](O[Si](C)(C)C)[C@@H](O[Si](C)(C)C)[C@@H]2O[Si](C)(C)C)cc1. The van der Waals surface area contributed by atoms with Gasteiger partial charge in [-0.2, -0.15) is 0 Å². The van der Waals surface area contributed by atoms with Crippen molar-refractivity contribution < 1.29 is 27.2 Å². The molecule has 0 spiro atoms. The molecule has 7 nitrogen and oxygen atoms in total. The summed E-state index contributed by atoms with van der Waals surface area (Å²) in [6.07, 6.45) is 0.0473. The van der Waals surface area contributed by atoms with Crippen molar-refractivity contribution in [2.24, 2.45) is 4.99 Å². The Hall–Kier alpha value is -0.642. The minimum absolute atomic E-state index is 0.288. The summed E-state index contributed by atoms with van der Waals surface area (Å²) in [6.45, 7) is 26.8. The molecule has 1 aromatic rings. The zero-order valence-corrected chi connectivity index (χ0v) is 29.4. The molecule has 1 fully saturated rings. The predicted octanol–water partition coefficient (Wildman–Crippen LogP) is 6.35. The van der Waals surface area contributed by atoms with Crippen LogP contribution in [0.15, 0.2) is 29.3 Å². The van der Waals surface area contributed by atoms with Crippen LogP contribution in [-0.4, -0.2) is 83.8 Å². The van der Waals surface area contributed by atoms with Gasteiger partial charge in [-0.25, -0.2) is 0 Å². The van der Waals surface area contributed by atoms with E-state index in [-0.39, 0.29) is 24.4 Å². The summed E-state index contributed by atoms with van der Waals surface area (Å²) in [5.74, 6) is 0.810. The summed E-state index contributed by atoms with van der Waals surface area (Å²) in [5, 5.41) is 0. The number of aliphatic imine (C=N–C) groups is 1. The molecule has 212 valence electrons. The third-order valence-corrected chi connectivity index (χ3v) is 9.22. The maximum absolute atomic E-state index is 6.89. The van der Waals surface area contributed by atoms with Crippen LogP contribution in [-0.2, 0) is 22.4 Å². The second kappa shape index (κ2) is 12.7. The minimum atomic E-state index is -1.99. The van der Waals surface area contributed by atoms with Crippen LogP contribution in [0.2, 0.25) is 78.6 Å². The Morgan fingerprint density at radius 3 is 1.65 bits per heavy atom. The third kappa shape index (κ3) is 12.0. The van der Waals surface area contributed by atoms with Crippen molar-refractivity contribution in [1.29, 1.82) is 0 Å². The van der Waals surface area contributed by atoms with Gasteiger partial charge in [0.1, 0.15) is 30.2 Å². The Morgan fingerprint density at radius 1 is 0.703 bits per heavy atom. The molecule has 2 rings (SSSR count). The lowest BCUT2D eigenvalue weighted by Crippen LogP contribution is -2.65. The Morgan fingerprint density at radius 2 is 1.19 bits per heavy atom. The molecule has 0 N–H and O–H groups in total. The Bertz CT molecular complexity index is 872. The monoisotopic (exact) mass is 585 g/mol. The fourth-order valence-corrected chi connectivity index (χ4v) is 7.88. The van der Waals surface area contributed by atoms with Crippen molar-refractivity contribution in [3.8, 4) is 5.75 Å². The summed E-state index contributed by atoms with van der Waals surface area (Å²) in [7, 11) is -6.04. The maximum Gasteiger partial charge on any atom is 0.184 e. The molecule has 0 saturated carbocycles. The predicted molar refractivity (Wildman–Crippen MR) is 163 cm³/mol. The molecule has 1 heterocycles. The van der Waals surface area contributed by atoms with Crippen molar-refractivity contribution in [3.63, 3.8) is 0 Å². The fourth-order valence-electron chi connectivity index (χ4n) is 3.96. The van der Waals surface area contributed by atoms with Gasteiger partial charge in [0.25, 0.3) is 0 Å². The molecule has 5 atom stereocenters. The van der Waals surface area contributed by atoms with Crippen LogP contribution in [0.1, 0.15) is 5.56 Å². The first-order chi connectivity index (χ1) is 16.8. The van der Waals surface area contributed by atoms with Crippen molar-refractivity contribution in [2.45, 2.75) is 109 Å². The standard InChI is InChI=1S/C26H51NO6Si4/c1-28-21-16-14-20(15-17-21)18-27-26-25(33-37(11,12)13)24(32-36(8,9)10)23(31-35(5,6)7)22(30-26)19-29-34(2,3)4/h14-18,22-26H,19H2,1-13H3/b27-18-/t22-,23-,24+,25-,26-/m0/s1. The second-order valence-electron chi connectivity index (χ2n) is 13.6. The van der Waals surface area contributed by atoms with Crippen LogP contribution in [0.25, 0.3) is 0 Å². The molecule has 37 heavy (non-hydrogen) atoms. The molecular weight excluding hydrogens is 535 g/mol. The summed E-state index contributed by atoms with van der Waals surface area (Å²) in [6, 6.07) is 7.83. The van der Waals surface area contributed by atoms with E-state index in [1.165, 1.54) is 0 Å². The number of hydrogen-bond donors (Lipinski definition) is 0. The van der Waals surface area contributed by atoms with Gasteiger partial charge in [0, 0.05) is 6.21 Å². The molecule has 0 radical (unpaired) electrons. The highest BCUT2D eigenvalue weighted by Gasteiger charge is 2.51. The van der Waals surface area contributed by atoms with E-state index < -0.39 is 39.5 Å². The zero-order valence-electron chi connectivity index (χ0n) is 25.4. The van der Waals surface area contributed by atoms with E-state index in [9.17, 15) is 0 Å². The summed E-state index contributed by atoms with van der Waals surface area (Å²) >= 11 is 0. The zero-order chi connectivity index (χ0) is 28.2. The van der Waals surface area contributed by atoms with Crippen LogP contribution >= 0.6 is 0 Å². The van der Waals surface area contributed by atoms with Gasteiger partial charge in [-0.1, -0.05) is 0 Å². The maximum atomic E-state index is 6.89. The molecule has 0 aromatic heterocycles. The topological polar surface area (TPSA) is 67.7 Å². The van der Waals surface area contributed by atoms with E-state index >= 15 is 0 Å². The smallest absolute Gasteiger partial charge is 0.184 e. The lowest BCUT2D eigenvalue weighted by atomic mass is 9.98. The van der Waals surface area contributed by atoms with Gasteiger partial charge in [0.2, 0.25) is 0 Å². The molecule has 1 aromatic carbocycles. The number of ether oxygens (including phenoxy) is 2. The average molecular weight is 586 g/mol. The molecule has 1 aliphatic heterocycles. The highest BCUT2D eigenvalue weighted by molar-refractivity contribution is 6.71. The molecule has 1 saturated heterocycles. The van der Waals surface area contributed by atoms with Gasteiger partial charge in [0.05, 0.1) is 13.7 Å². The first kappa shape index (κ1) is 32.6. The Balaban J connectivity index is 2.54. The van der Waals surface area contributed by atoms with Crippen molar-refractivity contribution in [3.05, 3.63) is 29.8 Å². The lowest BCUT2D eigenvalue weighted by molar-refractivity contribution is -0.211. The van der Waals surface area contributed by atoms with E-state index in [1.54, 1.807) is 7.11 Å². The van der Waals surface area contributed by atoms with Gasteiger partial charge < -0.3 is 27.2 Å². The highest BCUT2D eigenvalue weighted by Crippen LogP contribution is 2.34. The van der Waals surface area contributed by atoms with E-state index in [0.717, 1.165) is 11.3 Å². The van der Waals surface area contributed by atoms with Crippen molar-refractivity contribution in [1.82, 2.24) is 0 Å². The molecule has 0 unspecified atom stereocenters. The first-order valence-corrected chi connectivity index (χ1v) is 26.9. The number of rotatable bonds is 12. The van der Waals surface area contributed by atoms with E-state index in [0.29, 0.717) is 6.61 Å². The molecule has 0 amide bonds. The quantitative estimate of drug-likeness (QED) is 0.210. The number of nitrogens with zero attached hydrogens (tertiary/aromatic N) is 1. The normalized spacial score (nSPS) is 26.0. The van der Waals surface area contributed by atoms with Crippen LogP contribution < -0.4 is 4.74 Å². The Labute approximate surface area is 229 Å². The Kier molecular flexibility index (Phi) is 11.2. The fraction of sp³-hybridized carbons (Fsp3) is 0.731. The minimum Gasteiger partial charge on any atom is -0.497 e. The molecule has 11 heteroatoms. The van der Waals surface area contributed by atoms with Crippen molar-refractivity contribution in [2.75, 3.05) is 13.7 Å². The van der Waals surface area contributed by atoms with E-state index in [4.69, 9.17) is 32.2 Å². The lowest BCUT2D eigenvalue weighted by Gasteiger charge is -2.50. The largest absolute Gasteiger partial charge is 0.497 e. The number of methoxy groups -OCH3 is 1. The number of hydrogen-bond acceptors (Lipinski definition) is 7. The summed E-state index contributed by atoms with van der Waals surface area (Å²) in [4.78, 5) is 4.94. The van der Waals surface area contributed by atoms with Gasteiger partial charge in [0.15, 0.2) is 39.5 Å². The second-order valence-corrected chi connectivity index (χ2v) is 31.5. The molecule has 1 aliphatic rings. The van der Waals surface area contributed by atoms with Gasteiger partial charge in [-0.3, -0.25) is 4.99 Å². The van der Waals surface area contributed by atoms with Crippen LogP contribution in [0.4, 0.5) is 0 Å². The molecule has 0 aliphatic carbocycles. The third-order valence-electron chi connectivity index (χ3n) is 5.25. The van der Waals surface area contributed by atoms with Gasteiger partial charge in [-0.15, -0.1) is 0 Å². The highest BCUT2D eigenvalue weighted by atomic mass is 28.4. The summed E-state index contributed by atoms with van der Waals surface area (Å²) < 4.78 is 38.9. The molecular formula is C26H51NO6Si4. The van der Waals surface area contributed by atoms with E-state index in [1.807, 2.05) is 30.5 Å². The first-order valence-electron chi connectivity index (χ1n) is 13.3. The molecule has 0 bridgehead atoms. The van der Waals surface area contributed by atoms with E-state index in [2.05, 4.69) is 78.6 Å². The van der Waals surface area contributed by atoms with Crippen LogP contribution in [0.5, 0.6) is 5.75 Å². The van der Waals surface area contributed by atoms with Crippen molar-refractivity contribution >= 4 is 39.5 Å². The van der Waals surface area contributed by atoms with Gasteiger partial charge in [-0.05, 0) is 108 Å². The number of benzene rings is 1. The summed E-state index contributed by atoms with van der Waals surface area (Å²) in [5.41, 5.74) is 0.967. The van der Waals surface area contributed by atoms with Crippen LogP contribution in [0, 0.1) is 0 Å². The van der Waals surface area contributed by atoms with Crippen LogP contribution in [0.3, 0.4) is 0 Å². The van der Waals surface area contributed by atoms with Gasteiger partial charge >= 0.3 is 0 Å². The average Bonchev–Trinajstić information content (AvgIpc) is 2.71.